The van der Waals surface area contributed by atoms with Gasteiger partial charge in [0.1, 0.15) is 5.75 Å². The molecule has 3 N–H and O–H groups in total. The number of nitrogens with two attached hydrogens (primary N) is 1. The van der Waals surface area contributed by atoms with E-state index in [0.717, 1.165) is 48.5 Å². The second-order valence-electron chi connectivity index (χ2n) is 6.38. The number of rotatable bonds is 4. The Morgan fingerprint density at radius 1 is 1.40 bits per heavy atom. The first-order chi connectivity index (χ1) is 9.52. The third kappa shape index (κ3) is 2.84. The fourth-order valence-electron chi connectivity index (χ4n) is 3.35. The van der Waals surface area contributed by atoms with E-state index in [2.05, 4.69) is 6.92 Å². The standard InChI is InChI=1S/C17H27NO2/c1-12-6-8-17(11-18,9-7-12)16(19)14-4-5-15(20-3)13(2)10-14/h4-5,10,12,16,19H,6-9,11,18H2,1-3H3. The molecular formula is C17H27NO2. The van der Waals surface area contributed by atoms with E-state index < -0.39 is 6.10 Å². The van der Waals surface area contributed by atoms with Crippen LogP contribution in [0.25, 0.3) is 0 Å². The summed E-state index contributed by atoms with van der Waals surface area (Å²) >= 11 is 0. The molecule has 0 radical (unpaired) electrons. The van der Waals surface area contributed by atoms with Gasteiger partial charge in [-0.15, -0.1) is 0 Å². The Bertz CT molecular complexity index is 450. The van der Waals surface area contributed by atoms with E-state index in [1.54, 1.807) is 7.11 Å². The zero-order valence-corrected chi connectivity index (χ0v) is 12.9. The van der Waals surface area contributed by atoms with E-state index in [1.807, 2.05) is 25.1 Å². The molecule has 3 heteroatoms. The van der Waals surface area contributed by atoms with Gasteiger partial charge in [-0.25, -0.2) is 0 Å². The predicted octanol–water partition coefficient (Wildman–Crippen LogP) is 3.19. The van der Waals surface area contributed by atoms with Crippen molar-refractivity contribution in [3.8, 4) is 5.75 Å². The summed E-state index contributed by atoms with van der Waals surface area (Å²) in [5.74, 6) is 1.61. The van der Waals surface area contributed by atoms with E-state index >= 15 is 0 Å². The van der Waals surface area contributed by atoms with Gasteiger partial charge in [-0.2, -0.15) is 0 Å². The van der Waals surface area contributed by atoms with E-state index in [9.17, 15) is 5.11 Å². The summed E-state index contributed by atoms with van der Waals surface area (Å²) in [5, 5.41) is 10.8. The summed E-state index contributed by atoms with van der Waals surface area (Å²) in [6.45, 7) is 4.84. The van der Waals surface area contributed by atoms with Crippen LogP contribution in [0, 0.1) is 18.3 Å². The highest BCUT2D eigenvalue weighted by Crippen LogP contribution is 2.47. The minimum atomic E-state index is -0.482. The first-order valence-electron chi connectivity index (χ1n) is 7.55. The van der Waals surface area contributed by atoms with Crippen molar-refractivity contribution >= 4 is 0 Å². The van der Waals surface area contributed by atoms with Crippen molar-refractivity contribution in [1.82, 2.24) is 0 Å². The topological polar surface area (TPSA) is 55.5 Å². The normalized spacial score (nSPS) is 28.1. The molecule has 0 amide bonds. The maximum atomic E-state index is 10.8. The molecule has 0 saturated heterocycles. The number of aliphatic hydroxyl groups is 1. The molecular weight excluding hydrogens is 250 g/mol. The lowest BCUT2D eigenvalue weighted by Crippen LogP contribution is -2.40. The molecule has 1 aliphatic carbocycles. The van der Waals surface area contributed by atoms with Crippen LogP contribution in [0.4, 0.5) is 0 Å². The Hall–Kier alpha value is -1.06. The number of ether oxygens (including phenoxy) is 1. The van der Waals surface area contributed by atoms with Crippen LogP contribution >= 0.6 is 0 Å². The van der Waals surface area contributed by atoms with Crippen LogP contribution in [-0.4, -0.2) is 18.8 Å². The van der Waals surface area contributed by atoms with Crippen LogP contribution in [0.5, 0.6) is 5.75 Å². The third-order valence-electron chi connectivity index (χ3n) is 4.99. The van der Waals surface area contributed by atoms with Gasteiger partial charge in [0.05, 0.1) is 13.2 Å². The number of aryl methyl sites for hydroxylation is 1. The Labute approximate surface area is 122 Å². The molecule has 3 nitrogen and oxygen atoms in total. The first kappa shape index (κ1) is 15.3. The van der Waals surface area contributed by atoms with E-state index in [0.29, 0.717) is 6.54 Å². The summed E-state index contributed by atoms with van der Waals surface area (Å²) < 4.78 is 5.28. The first-order valence-corrected chi connectivity index (χ1v) is 7.55. The zero-order valence-electron chi connectivity index (χ0n) is 12.9. The highest BCUT2D eigenvalue weighted by Gasteiger charge is 2.40. The molecule has 1 fully saturated rings. The Morgan fingerprint density at radius 3 is 2.55 bits per heavy atom. The molecule has 0 aliphatic heterocycles. The summed E-state index contributed by atoms with van der Waals surface area (Å²) in [7, 11) is 1.67. The fourth-order valence-corrected chi connectivity index (χ4v) is 3.35. The van der Waals surface area contributed by atoms with E-state index in [-0.39, 0.29) is 5.41 Å². The summed E-state index contributed by atoms with van der Waals surface area (Å²) in [6.07, 6.45) is 3.85. The molecule has 1 atom stereocenters. The Morgan fingerprint density at radius 2 is 2.05 bits per heavy atom. The molecule has 0 aromatic heterocycles. The molecule has 2 rings (SSSR count). The molecule has 1 unspecified atom stereocenters. The second kappa shape index (κ2) is 6.15. The number of methoxy groups -OCH3 is 1. The SMILES string of the molecule is COc1ccc(C(O)C2(CN)CCC(C)CC2)cc1C. The molecule has 1 saturated carbocycles. The van der Waals surface area contributed by atoms with E-state index in [1.165, 1.54) is 0 Å². The third-order valence-corrected chi connectivity index (χ3v) is 4.99. The zero-order chi connectivity index (χ0) is 14.8. The minimum absolute atomic E-state index is 0.159. The molecule has 1 aliphatic rings. The lowest BCUT2D eigenvalue weighted by molar-refractivity contribution is -0.00823. The van der Waals surface area contributed by atoms with Crippen LogP contribution in [0.3, 0.4) is 0 Å². The molecule has 1 aromatic carbocycles. The number of aliphatic hydroxyl groups excluding tert-OH is 1. The summed E-state index contributed by atoms with van der Waals surface area (Å²) in [6, 6.07) is 5.93. The number of hydrogen-bond acceptors (Lipinski definition) is 3. The van der Waals surface area contributed by atoms with Crippen molar-refractivity contribution in [2.24, 2.45) is 17.1 Å². The monoisotopic (exact) mass is 277 g/mol. The second-order valence-corrected chi connectivity index (χ2v) is 6.38. The summed E-state index contributed by atoms with van der Waals surface area (Å²) in [5.41, 5.74) is 7.89. The van der Waals surface area contributed by atoms with Gasteiger partial charge in [-0.3, -0.25) is 0 Å². The Balaban J connectivity index is 2.24. The molecule has 1 aromatic rings. The fraction of sp³-hybridized carbons (Fsp3) is 0.647. The number of hydrogen-bond donors (Lipinski definition) is 2. The lowest BCUT2D eigenvalue weighted by atomic mass is 9.66. The van der Waals surface area contributed by atoms with Crippen molar-refractivity contribution in [3.05, 3.63) is 29.3 Å². The van der Waals surface area contributed by atoms with Crippen molar-refractivity contribution in [2.45, 2.75) is 45.6 Å². The van der Waals surface area contributed by atoms with Crippen molar-refractivity contribution in [1.29, 1.82) is 0 Å². The predicted molar refractivity (Wildman–Crippen MR) is 81.8 cm³/mol. The van der Waals surface area contributed by atoms with Gasteiger partial charge < -0.3 is 15.6 Å². The quantitative estimate of drug-likeness (QED) is 0.888. The lowest BCUT2D eigenvalue weighted by Gasteiger charge is -2.42. The molecule has 20 heavy (non-hydrogen) atoms. The van der Waals surface area contributed by atoms with Crippen LogP contribution < -0.4 is 10.5 Å². The smallest absolute Gasteiger partial charge is 0.121 e. The average molecular weight is 277 g/mol. The van der Waals surface area contributed by atoms with Crippen LogP contribution in [0.1, 0.15) is 49.8 Å². The molecule has 112 valence electrons. The van der Waals surface area contributed by atoms with Crippen LogP contribution in [0.2, 0.25) is 0 Å². The van der Waals surface area contributed by atoms with Gasteiger partial charge in [-0.1, -0.05) is 25.8 Å². The molecule has 0 bridgehead atoms. The van der Waals surface area contributed by atoms with Crippen molar-refractivity contribution < 1.29 is 9.84 Å². The molecule has 0 spiro atoms. The van der Waals surface area contributed by atoms with Gasteiger partial charge in [0.2, 0.25) is 0 Å². The van der Waals surface area contributed by atoms with Gasteiger partial charge in [-0.05, 0) is 48.9 Å². The van der Waals surface area contributed by atoms with Gasteiger partial charge >= 0.3 is 0 Å². The van der Waals surface area contributed by atoms with Gasteiger partial charge in [0.25, 0.3) is 0 Å². The largest absolute Gasteiger partial charge is 0.496 e. The van der Waals surface area contributed by atoms with Crippen molar-refractivity contribution in [3.63, 3.8) is 0 Å². The minimum Gasteiger partial charge on any atom is -0.496 e. The maximum absolute atomic E-state index is 10.8. The van der Waals surface area contributed by atoms with Crippen LogP contribution in [-0.2, 0) is 0 Å². The van der Waals surface area contributed by atoms with Crippen LogP contribution in [0.15, 0.2) is 18.2 Å². The van der Waals surface area contributed by atoms with E-state index in [4.69, 9.17) is 10.5 Å². The van der Waals surface area contributed by atoms with Gasteiger partial charge in [0, 0.05) is 12.0 Å². The highest BCUT2D eigenvalue weighted by molar-refractivity contribution is 5.37. The van der Waals surface area contributed by atoms with Gasteiger partial charge in [0.15, 0.2) is 0 Å². The highest BCUT2D eigenvalue weighted by atomic mass is 16.5. The molecule has 0 heterocycles. The maximum Gasteiger partial charge on any atom is 0.121 e. The number of benzene rings is 1. The Kier molecular flexibility index (Phi) is 4.71. The van der Waals surface area contributed by atoms with Crippen molar-refractivity contribution in [2.75, 3.05) is 13.7 Å². The summed E-state index contributed by atoms with van der Waals surface area (Å²) in [4.78, 5) is 0. The average Bonchev–Trinajstić information content (AvgIpc) is 2.47.